The van der Waals surface area contributed by atoms with Crippen LogP contribution in [0, 0.1) is 13.8 Å². The summed E-state index contributed by atoms with van der Waals surface area (Å²) in [6, 6.07) is 5.62. The fourth-order valence-corrected chi connectivity index (χ4v) is 2.73. The summed E-state index contributed by atoms with van der Waals surface area (Å²) in [4.78, 5) is 17.5. The molecule has 0 atom stereocenters. The molecule has 9 heteroatoms. The topological polar surface area (TPSA) is 119 Å². The zero-order chi connectivity index (χ0) is 19.0. The highest BCUT2D eigenvalue weighted by molar-refractivity contribution is 5.90. The number of pyridine rings is 2. The van der Waals surface area contributed by atoms with E-state index in [-0.39, 0.29) is 0 Å². The Hall–Kier alpha value is -3.75. The number of hydrogen-bond acceptors (Lipinski definition) is 8. The van der Waals surface area contributed by atoms with Crippen molar-refractivity contribution in [2.75, 3.05) is 16.4 Å². The molecule has 0 spiro atoms. The Morgan fingerprint density at radius 3 is 2.63 bits per heavy atom. The maximum atomic E-state index is 5.84. The lowest BCUT2D eigenvalue weighted by molar-refractivity contribution is 0.789. The summed E-state index contributed by atoms with van der Waals surface area (Å²) in [7, 11) is 1.84. The smallest absolute Gasteiger partial charge is 0.229 e. The van der Waals surface area contributed by atoms with Crippen molar-refractivity contribution in [3.63, 3.8) is 0 Å². The number of nitrogens with zero attached hydrogens (tertiary/aromatic N) is 6. The van der Waals surface area contributed by atoms with Crippen molar-refractivity contribution in [1.82, 2.24) is 29.7 Å². The number of nitrogen functional groups attached to an aromatic ring is 1. The highest BCUT2D eigenvalue weighted by Crippen LogP contribution is 2.27. The third kappa shape index (κ3) is 3.22. The van der Waals surface area contributed by atoms with E-state index in [1.807, 2.05) is 39.1 Å². The quantitative estimate of drug-likeness (QED) is 0.507. The summed E-state index contributed by atoms with van der Waals surface area (Å²) in [6.45, 7) is 3.83. The Labute approximate surface area is 155 Å². The lowest BCUT2D eigenvalue weighted by Crippen LogP contribution is -2.01. The lowest BCUT2D eigenvalue weighted by Gasteiger charge is -2.08. The molecule has 0 fully saturated rings. The van der Waals surface area contributed by atoms with Gasteiger partial charge in [0.05, 0.1) is 40.0 Å². The van der Waals surface area contributed by atoms with Crippen molar-refractivity contribution in [2.45, 2.75) is 13.8 Å². The van der Waals surface area contributed by atoms with Gasteiger partial charge in [-0.2, -0.15) is 10.1 Å². The molecule has 4 rings (SSSR count). The number of hydrogen-bond donors (Lipinski definition) is 3. The minimum atomic E-state index is 0.481. The first-order valence-electron chi connectivity index (χ1n) is 8.39. The third-order valence-electron chi connectivity index (χ3n) is 4.19. The zero-order valence-electron chi connectivity index (χ0n) is 15.2. The lowest BCUT2D eigenvalue weighted by atomic mass is 10.3. The van der Waals surface area contributed by atoms with Gasteiger partial charge in [0.1, 0.15) is 0 Å². The van der Waals surface area contributed by atoms with Gasteiger partial charge < -0.3 is 16.4 Å². The van der Waals surface area contributed by atoms with E-state index in [1.54, 1.807) is 23.3 Å². The van der Waals surface area contributed by atoms with Crippen LogP contribution in [0.25, 0.3) is 11.0 Å². The first kappa shape index (κ1) is 16.7. The largest absolute Gasteiger partial charge is 0.397 e. The van der Waals surface area contributed by atoms with Gasteiger partial charge in [-0.25, -0.2) is 9.67 Å². The highest BCUT2D eigenvalue weighted by Gasteiger charge is 2.13. The molecule has 136 valence electrons. The van der Waals surface area contributed by atoms with Gasteiger partial charge in [-0.1, -0.05) is 0 Å². The van der Waals surface area contributed by atoms with Crippen LogP contribution in [0.5, 0.6) is 0 Å². The number of aryl methyl sites for hydroxylation is 3. The molecule has 0 amide bonds. The second kappa shape index (κ2) is 6.52. The molecule has 0 saturated carbocycles. The van der Waals surface area contributed by atoms with Crippen molar-refractivity contribution in [3.05, 3.63) is 48.2 Å². The van der Waals surface area contributed by atoms with Crippen LogP contribution in [-0.4, -0.2) is 29.7 Å². The number of nitrogens with two attached hydrogens (primary N) is 1. The van der Waals surface area contributed by atoms with Gasteiger partial charge >= 0.3 is 0 Å². The Balaban J connectivity index is 1.69. The summed E-state index contributed by atoms with van der Waals surface area (Å²) in [6.07, 6.45) is 5.11. The SMILES string of the molecule is Cc1ncccc1Nc1ncc2c(Nc3cc(N)cnc3C)nn(C)c2n1. The van der Waals surface area contributed by atoms with Crippen LogP contribution in [0.15, 0.2) is 36.8 Å². The van der Waals surface area contributed by atoms with Crippen molar-refractivity contribution >= 4 is 39.9 Å². The van der Waals surface area contributed by atoms with E-state index >= 15 is 0 Å². The Morgan fingerprint density at radius 2 is 1.81 bits per heavy atom. The van der Waals surface area contributed by atoms with Crippen LogP contribution in [0.2, 0.25) is 0 Å². The van der Waals surface area contributed by atoms with E-state index in [0.717, 1.165) is 28.1 Å². The molecule has 4 aromatic rings. The third-order valence-corrected chi connectivity index (χ3v) is 4.19. The Kier molecular flexibility index (Phi) is 4.03. The fraction of sp³-hybridized carbons (Fsp3) is 0.167. The van der Waals surface area contributed by atoms with Gasteiger partial charge in [-0.05, 0) is 32.0 Å². The average Bonchev–Trinajstić information content (AvgIpc) is 2.95. The molecular weight excluding hydrogens is 342 g/mol. The van der Waals surface area contributed by atoms with Crippen LogP contribution in [0.3, 0.4) is 0 Å². The molecule has 9 nitrogen and oxygen atoms in total. The van der Waals surface area contributed by atoms with E-state index in [9.17, 15) is 0 Å². The normalized spacial score (nSPS) is 10.9. The molecule has 0 radical (unpaired) electrons. The first-order valence-corrected chi connectivity index (χ1v) is 8.39. The van der Waals surface area contributed by atoms with Gasteiger partial charge in [-0.15, -0.1) is 0 Å². The minimum absolute atomic E-state index is 0.481. The number of aromatic nitrogens is 6. The van der Waals surface area contributed by atoms with Crippen LogP contribution in [0.1, 0.15) is 11.4 Å². The van der Waals surface area contributed by atoms with Gasteiger partial charge in [-0.3, -0.25) is 9.97 Å². The molecule has 0 aliphatic rings. The van der Waals surface area contributed by atoms with E-state index in [1.165, 1.54) is 0 Å². The molecule has 0 saturated heterocycles. The standard InChI is InChI=1S/C18H19N9/c1-10-14(5-4-6-20-10)24-18-22-9-13-16(26-27(3)17(13)25-18)23-15-7-12(19)8-21-11(15)2/h4-9H,19H2,1-3H3,(H,23,26)(H,22,24,25). The second-order valence-corrected chi connectivity index (χ2v) is 6.19. The van der Waals surface area contributed by atoms with Crippen molar-refractivity contribution in [1.29, 1.82) is 0 Å². The van der Waals surface area contributed by atoms with E-state index < -0.39 is 0 Å². The van der Waals surface area contributed by atoms with Gasteiger partial charge in [0, 0.05) is 19.4 Å². The van der Waals surface area contributed by atoms with Crippen molar-refractivity contribution in [2.24, 2.45) is 7.05 Å². The second-order valence-electron chi connectivity index (χ2n) is 6.19. The highest BCUT2D eigenvalue weighted by atomic mass is 15.3. The van der Waals surface area contributed by atoms with E-state index in [0.29, 0.717) is 23.1 Å². The molecule has 0 aromatic carbocycles. The minimum Gasteiger partial charge on any atom is -0.397 e. The monoisotopic (exact) mass is 361 g/mol. The molecule has 0 bridgehead atoms. The summed E-state index contributed by atoms with van der Waals surface area (Å²) in [5, 5.41) is 11.8. The molecule has 4 heterocycles. The number of rotatable bonds is 4. The van der Waals surface area contributed by atoms with Gasteiger partial charge in [0.2, 0.25) is 5.95 Å². The zero-order valence-corrected chi connectivity index (χ0v) is 15.2. The maximum absolute atomic E-state index is 5.84. The average molecular weight is 361 g/mol. The predicted molar refractivity (Wildman–Crippen MR) is 105 cm³/mol. The number of fused-ring (bicyclic) bond motifs is 1. The number of anilines is 5. The van der Waals surface area contributed by atoms with Crippen LogP contribution in [0.4, 0.5) is 28.8 Å². The molecular formula is C18H19N9. The Morgan fingerprint density at radius 1 is 1.00 bits per heavy atom. The number of nitrogens with one attached hydrogen (secondary N) is 2. The van der Waals surface area contributed by atoms with Crippen molar-refractivity contribution in [3.8, 4) is 0 Å². The molecule has 0 aliphatic carbocycles. The molecule has 0 aliphatic heterocycles. The molecule has 4 N–H and O–H groups in total. The first-order chi connectivity index (χ1) is 13.0. The van der Waals surface area contributed by atoms with E-state index in [4.69, 9.17) is 5.73 Å². The van der Waals surface area contributed by atoms with Crippen LogP contribution >= 0.6 is 0 Å². The van der Waals surface area contributed by atoms with Crippen LogP contribution in [-0.2, 0) is 7.05 Å². The summed E-state index contributed by atoms with van der Waals surface area (Å²) in [5.41, 5.74) is 10.5. The van der Waals surface area contributed by atoms with Crippen LogP contribution < -0.4 is 16.4 Å². The van der Waals surface area contributed by atoms with E-state index in [2.05, 4.69) is 35.7 Å². The summed E-state index contributed by atoms with van der Waals surface area (Å²) in [5.74, 6) is 1.13. The Bertz CT molecular complexity index is 1130. The van der Waals surface area contributed by atoms with Gasteiger partial charge in [0.15, 0.2) is 11.5 Å². The fourth-order valence-electron chi connectivity index (χ4n) is 2.73. The summed E-state index contributed by atoms with van der Waals surface area (Å²) < 4.78 is 1.70. The molecule has 0 unspecified atom stereocenters. The summed E-state index contributed by atoms with van der Waals surface area (Å²) >= 11 is 0. The maximum Gasteiger partial charge on any atom is 0.229 e. The van der Waals surface area contributed by atoms with Gasteiger partial charge in [0.25, 0.3) is 0 Å². The molecule has 27 heavy (non-hydrogen) atoms. The molecule has 4 aromatic heterocycles. The predicted octanol–water partition coefficient (Wildman–Crippen LogP) is 2.84. The van der Waals surface area contributed by atoms with Crippen molar-refractivity contribution < 1.29 is 0 Å².